The van der Waals surface area contributed by atoms with Gasteiger partial charge in [0.15, 0.2) is 11.5 Å². The quantitative estimate of drug-likeness (QED) is 0.290. The summed E-state index contributed by atoms with van der Waals surface area (Å²) in [6, 6.07) is 9.55. The number of aromatic nitrogens is 3. The Kier molecular flexibility index (Phi) is 2.23. The summed E-state index contributed by atoms with van der Waals surface area (Å²) in [4.78, 5) is 0. The monoisotopic (exact) mass is 243 g/mol. The fourth-order valence-corrected chi connectivity index (χ4v) is 1.83. The Bertz CT molecular complexity index is 728. The fraction of sp³-hybridized carbons (Fsp3) is 0. The van der Waals surface area contributed by atoms with Gasteiger partial charge in [0.05, 0.1) is 5.52 Å². The summed E-state index contributed by atoms with van der Waals surface area (Å²) in [7, 11) is 0. The first-order valence-corrected chi connectivity index (χ1v) is 5.18. The van der Waals surface area contributed by atoms with Crippen molar-refractivity contribution < 1.29 is 9.84 Å². The molecule has 2 aromatic heterocycles. The minimum atomic E-state index is 0.0700. The molecule has 0 radical (unpaired) electrons. The largest absolute Gasteiger partial charge is 0.409 e. The van der Waals surface area contributed by atoms with Crippen LogP contribution in [0.5, 0.6) is 0 Å². The van der Waals surface area contributed by atoms with Crippen molar-refractivity contribution >= 4 is 22.6 Å². The Morgan fingerprint density at radius 3 is 2.83 bits per heavy atom. The molecule has 0 aliphatic heterocycles. The number of benzene rings is 1. The lowest BCUT2D eigenvalue weighted by Gasteiger charge is -2.04. The van der Waals surface area contributed by atoms with E-state index in [2.05, 4.69) is 20.1 Å². The van der Waals surface area contributed by atoms with Gasteiger partial charge in [0.2, 0.25) is 5.84 Å². The van der Waals surface area contributed by atoms with Gasteiger partial charge in [-0.15, -0.1) is 0 Å². The van der Waals surface area contributed by atoms with E-state index in [4.69, 9.17) is 10.9 Å². The number of para-hydroxylation sites is 1. The van der Waals surface area contributed by atoms with Crippen LogP contribution in [0.1, 0.15) is 5.69 Å². The highest BCUT2D eigenvalue weighted by atomic mass is 16.6. The SMILES string of the molecule is Nc1nonc1C(=NO)n1ccc2ccccc21. The summed E-state index contributed by atoms with van der Waals surface area (Å²) < 4.78 is 6.17. The van der Waals surface area contributed by atoms with Crippen molar-refractivity contribution in [3.63, 3.8) is 0 Å². The van der Waals surface area contributed by atoms with Crippen molar-refractivity contribution in [1.82, 2.24) is 14.9 Å². The molecule has 0 fully saturated rings. The first-order valence-electron chi connectivity index (χ1n) is 5.18. The van der Waals surface area contributed by atoms with Crippen LogP contribution in [-0.2, 0) is 0 Å². The highest BCUT2D eigenvalue weighted by molar-refractivity contribution is 6.06. The van der Waals surface area contributed by atoms with Crippen molar-refractivity contribution in [2.45, 2.75) is 0 Å². The lowest BCUT2D eigenvalue weighted by atomic mass is 10.2. The van der Waals surface area contributed by atoms with E-state index in [0.29, 0.717) is 0 Å². The van der Waals surface area contributed by atoms with E-state index in [0.717, 1.165) is 10.9 Å². The number of anilines is 1. The number of hydrogen-bond donors (Lipinski definition) is 2. The second-order valence-corrected chi connectivity index (χ2v) is 3.67. The van der Waals surface area contributed by atoms with Gasteiger partial charge in [0.1, 0.15) is 0 Å². The van der Waals surface area contributed by atoms with Gasteiger partial charge in [-0.25, -0.2) is 4.63 Å². The molecule has 0 atom stereocenters. The molecule has 1 aromatic carbocycles. The van der Waals surface area contributed by atoms with Crippen LogP contribution >= 0.6 is 0 Å². The third-order valence-electron chi connectivity index (χ3n) is 2.65. The molecule has 18 heavy (non-hydrogen) atoms. The van der Waals surface area contributed by atoms with Crippen molar-refractivity contribution in [1.29, 1.82) is 0 Å². The second kappa shape index (κ2) is 3.88. The molecule has 0 amide bonds. The van der Waals surface area contributed by atoms with Crippen LogP contribution < -0.4 is 5.73 Å². The third-order valence-corrected chi connectivity index (χ3v) is 2.65. The number of rotatable bonds is 1. The van der Waals surface area contributed by atoms with Crippen LogP contribution in [0.25, 0.3) is 10.9 Å². The second-order valence-electron chi connectivity index (χ2n) is 3.67. The van der Waals surface area contributed by atoms with Gasteiger partial charge < -0.3 is 10.9 Å². The fourth-order valence-electron chi connectivity index (χ4n) is 1.83. The minimum Gasteiger partial charge on any atom is -0.409 e. The molecular formula is C11H9N5O2. The topological polar surface area (TPSA) is 102 Å². The van der Waals surface area contributed by atoms with E-state index in [9.17, 15) is 0 Å². The van der Waals surface area contributed by atoms with Crippen molar-refractivity contribution in [3.8, 4) is 0 Å². The normalized spacial score (nSPS) is 12.1. The van der Waals surface area contributed by atoms with Gasteiger partial charge in [-0.3, -0.25) is 4.57 Å². The number of fused-ring (bicyclic) bond motifs is 1. The highest BCUT2D eigenvalue weighted by Crippen LogP contribution is 2.18. The number of nitrogens with two attached hydrogens (primary N) is 1. The summed E-state index contributed by atoms with van der Waals surface area (Å²) in [5, 5.41) is 20.5. The van der Waals surface area contributed by atoms with Gasteiger partial charge >= 0.3 is 0 Å². The first-order chi connectivity index (χ1) is 8.81. The average Bonchev–Trinajstić information content (AvgIpc) is 2.99. The molecule has 3 rings (SSSR count). The molecule has 3 aromatic rings. The number of hydrogen-bond acceptors (Lipinski definition) is 6. The van der Waals surface area contributed by atoms with E-state index in [1.54, 1.807) is 10.8 Å². The number of nitrogen functional groups attached to an aromatic ring is 1. The molecule has 0 aliphatic carbocycles. The van der Waals surface area contributed by atoms with Crippen molar-refractivity contribution in [2.24, 2.45) is 5.16 Å². The maximum Gasteiger partial charge on any atom is 0.210 e. The molecule has 90 valence electrons. The van der Waals surface area contributed by atoms with Crippen LogP contribution in [0, 0.1) is 0 Å². The zero-order valence-electron chi connectivity index (χ0n) is 9.19. The molecule has 2 heterocycles. The van der Waals surface area contributed by atoms with E-state index in [1.165, 1.54) is 0 Å². The smallest absolute Gasteiger partial charge is 0.210 e. The van der Waals surface area contributed by atoms with Crippen LogP contribution in [0.2, 0.25) is 0 Å². The van der Waals surface area contributed by atoms with E-state index >= 15 is 0 Å². The number of nitrogens with zero attached hydrogens (tertiary/aromatic N) is 4. The van der Waals surface area contributed by atoms with Crippen LogP contribution in [0.15, 0.2) is 46.3 Å². The average molecular weight is 243 g/mol. The van der Waals surface area contributed by atoms with Gasteiger partial charge in [0.25, 0.3) is 0 Å². The molecule has 0 saturated carbocycles. The van der Waals surface area contributed by atoms with E-state index < -0.39 is 0 Å². The molecule has 7 nitrogen and oxygen atoms in total. The Morgan fingerprint density at radius 1 is 1.28 bits per heavy atom. The molecule has 0 saturated heterocycles. The van der Waals surface area contributed by atoms with Gasteiger partial charge in [-0.1, -0.05) is 23.4 Å². The molecule has 0 spiro atoms. The molecule has 0 unspecified atom stereocenters. The molecule has 0 aliphatic rings. The van der Waals surface area contributed by atoms with Crippen molar-refractivity contribution in [3.05, 3.63) is 42.2 Å². The summed E-state index contributed by atoms with van der Waals surface area (Å²) in [6.45, 7) is 0. The molecule has 7 heteroatoms. The minimum absolute atomic E-state index is 0.0700. The Morgan fingerprint density at radius 2 is 2.11 bits per heavy atom. The van der Waals surface area contributed by atoms with Gasteiger partial charge in [-0.2, -0.15) is 0 Å². The van der Waals surface area contributed by atoms with Crippen LogP contribution in [-0.4, -0.2) is 25.9 Å². The molecule has 0 bridgehead atoms. The van der Waals surface area contributed by atoms with Gasteiger partial charge in [0, 0.05) is 6.20 Å². The predicted octanol–water partition coefficient (Wildman–Crippen LogP) is 1.29. The Hall–Kier alpha value is -2.83. The van der Waals surface area contributed by atoms with E-state index in [-0.39, 0.29) is 17.3 Å². The summed E-state index contributed by atoms with van der Waals surface area (Å²) in [5.74, 6) is 0.232. The highest BCUT2D eigenvalue weighted by Gasteiger charge is 2.18. The van der Waals surface area contributed by atoms with Crippen LogP contribution in [0.4, 0.5) is 5.82 Å². The van der Waals surface area contributed by atoms with Crippen LogP contribution in [0.3, 0.4) is 0 Å². The summed E-state index contributed by atoms with van der Waals surface area (Å²) in [6.07, 6.45) is 1.76. The number of oxime groups is 1. The third kappa shape index (κ3) is 1.41. The first kappa shape index (κ1) is 10.3. The van der Waals surface area contributed by atoms with Gasteiger partial charge in [-0.05, 0) is 27.8 Å². The summed E-state index contributed by atoms with van der Waals surface area (Å²) in [5.41, 5.74) is 6.66. The molecular weight excluding hydrogens is 234 g/mol. The lowest BCUT2D eigenvalue weighted by molar-refractivity contribution is 0.304. The van der Waals surface area contributed by atoms with E-state index in [1.807, 2.05) is 30.3 Å². The molecule has 3 N–H and O–H groups in total. The maximum absolute atomic E-state index is 9.16. The Balaban J connectivity index is 2.22. The maximum atomic E-state index is 9.16. The predicted molar refractivity (Wildman–Crippen MR) is 64.4 cm³/mol. The zero-order chi connectivity index (χ0) is 12.5. The zero-order valence-corrected chi connectivity index (χ0v) is 9.19. The standard InChI is InChI=1S/C11H9N5O2/c12-10-9(14-18-15-10)11(13-17)16-6-5-7-3-1-2-4-8(7)16/h1-6,17H,(H2,12,15). The summed E-state index contributed by atoms with van der Waals surface area (Å²) >= 11 is 0. The van der Waals surface area contributed by atoms with Crippen molar-refractivity contribution in [2.75, 3.05) is 5.73 Å². The lowest BCUT2D eigenvalue weighted by Crippen LogP contribution is -2.14. The Labute approximate surface area is 101 Å².